The van der Waals surface area contributed by atoms with E-state index in [1.54, 1.807) is 11.1 Å². The molecule has 0 bridgehead atoms. The molecule has 0 spiro atoms. The lowest BCUT2D eigenvalue weighted by atomic mass is 9.96. The average molecular weight is 500 g/mol. The van der Waals surface area contributed by atoms with E-state index in [-0.39, 0.29) is 17.9 Å². The highest BCUT2D eigenvalue weighted by Crippen LogP contribution is 2.29. The van der Waals surface area contributed by atoms with Crippen LogP contribution in [-0.2, 0) is 4.79 Å². The normalized spacial score (nSPS) is 14.1. The molecule has 1 aliphatic rings. The highest BCUT2D eigenvalue weighted by molar-refractivity contribution is 5.92. The van der Waals surface area contributed by atoms with Crippen molar-refractivity contribution in [3.63, 3.8) is 0 Å². The molecular weight excluding hydrogens is 462 g/mol. The fraction of sp³-hybridized carbons (Fsp3) is 0.400. The second kappa shape index (κ2) is 13.1. The molecule has 0 N–H and O–H groups in total. The minimum absolute atomic E-state index is 0.0971. The number of nitrogens with zero attached hydrogens (tertiary/aromatic N) is 5. The fourth-order valence-corrected chi connectivity index (χ4v) is 4.83. The molecule has 1 aromatic heterocycles. The van der Waals surface area contributed by atoms with Crippen LogP contribution in [-0.4, -0.2) is 75.8 Å². The Bertz CT molecular complexity index is 1090. The SMILES string of the molecule is CCCCN(CCC(=O)N1CCN(C(c2ccccc2)c2ccccc2)CC1)C(=O)c1cnc(C)cn1. The van der Waals surface area contributed by atoms with Crippen molar-refractivity contribution in [1.29, 1.82) is 0 Å². The molecule has 1 aliphatic heterocycles. The number of rotatable bonds is 10. The number of unbranched alkanes of at least 4 members (excludes halogenated alkanes) is 1. The molecule has 2 heterocycles. The van der Waals surface area contributed by atoms with E-state index in [0.717, 1.165) is 31.6 Å². The topological polar surface area (TPSA) is 69.6 Å². The molecular formula is C30H37N5O2. The molecule has 37 heavy (non-hydrogen) atoms. The molecule has 4 rings (SSSR count). The zero-order chi connectivity index (χ0) is 26.0. The Balaban J connectivity index is 1.36. The number of carbonyl (C=O) groups excluding carboxylic acids is 2. The third-order valence-electron chi connectivity index (χ3n) is 6.93. The van der Waals surface area contributed by atoms with Gasteiger partial charge >= 0.3 is 0 Å². The number of hydrogen-bond donors (Lipinski definition) is 0. The van der Waals surface area contributed by atoms with Crippen LogP contribution in [0.3, 0.4) is 0 Å². The lowest BCUT2D eigenvalue weighted by Gasteiger charge is -2.40. The molecule has 194 valence electrons. The van der Waals surface area contributed by atoms with Gasteiger partial charge in [-0.1, -0.05) is 74.0 Å². The third kappa shape index (κ3) is 7.01. The van der Waals surface area contributed by atoms with Gasteiger partial charge < -0.3 is 9.80 Å². The van der Waals surface area contributed by atoms with Gasteiger partial charge in [-0.15, -0.1) is 0 Å². The van der Waals surface area contributed by atoms with Gasteiger partial charge in [0.05, 0.1) is 17.9 Å². The molecule has 0 aliphatic carbocycles. The predicted molar refractivity (Wildman–Crippen MR) is 145 cm³/mol. The van der Waals surface area contributed by atoms with E-state index in [1.807, 2.05) is 24.0 Å². The molecule has 1 fully saturated rings. The van der Waals surface area contributed by atoms with Crippen molar-refractivity contribution in [1.82, 2.24) is 24.7 Å². The Morgan fingerprint density at radius 3 is 2.03 bits per heavy atom. The number of carbonyl (C=O) groups is 2. The minimum atomic E-state index is -0.160. The summed E-state index contributed by atoms with van der Waals surface area (Å²) in [6, 6.07) is 21.3. The van der Waals surface area contributed by atoms with Gasteiger partial charge in [0, 0.05) is 51.9 Å². The Morgan fingerprint density at radius 1 is 0.865 bits per heavy atom. The van der Waals surface area contributed by atoms with Crippen molar-refractivity contribution < 1.29 is 9.59 Å². The van der Waals surface area contributed by atoms with Crippen LogP contribution in [0.5, 0.6) is 0 Å². The summed E-state index contributed by atoms with van der Waals surface area (Å²) in [6.45, 7) is 7.91. The Kier molecular flexibility index (Phi) is 9.38. The largest absolute Gasteiger partial charge is 0.340 e. The molecule has 1 saturated heterocycles. The second-order valence-electron chi connectivity index (χ2n) is 9.58. The maximum atomic E-state index is 13.1. The maximum Gasteiger partial charge on any atom is 0.274 e. The standard InChI is InChI=1S/C30H37N5O2/c1-3-4-16-35(30(37)27-23-31-24(2)22-32-27)17-15-28(36)33-18-20-34(21-19-33)29(25-11-7-5-8-12-25)26-13-9-6-10-14-26/h5-14,22-23,29H,3-4,15-21H2,1-2H3. The van der Waals surface area contributed by atoms with Crippen LogP contribution in [0.25, 0.3) is 0 Å². The number of aromatic nitrogens is 2. The highest BCUT2D eigenvalue weighted by Gasteiger charge is 2.28. The van der Waals surface area contributed by atoms with Crippen molar-refractivity contribution >= 4 is 11.8 Å². The molecule has 0 unspecified atom stereocenters. The van der Waals surface area contributed by atoms with Crippen molar-refractivity contribution in [3.05, 3.63) is 95.6 Å². The first-order valence-electron chi connectivity index (χ1n) is 13.3. The Hall–Kier alpha value is -3.58. The molecule has 7 nitrogen and oxygen atoms in total. The number of hydrogen-bond acceptors (Lipinski definition) is 5. The monoisotopic (exact) mass is 499 g/mol. The van der Waals surface area contributed by atoms with Crippen molar-refractivity contribution in [3.8, 4) is 0 Å². The van der Waals surface area contributed by atoms with Gasteiger partial charge in [0.2, 0.25) is 5.91 Å². The quantitative estimate of drug-likeness (QED) is 0.415. The Labute approximate surface area is 220 Å². The summed E-state index contributed by atoms with van der Waals surface area (Å²) in [5.41, 5.74) is 3.62. The zero-order valence-corrected chi connectivity index (χ0v) is 21.9. The summed E-state index contributed by atoms with van der Waals surface area (Å²) >= 11 is 0. The summed E-state index contributed by atoms with van der Waals surface area (Å²) in [7, 11) is 0. The first-order chi connectivity index (χ1) is 18.1. The van der Waals surface area contributed by atoms with E-state index < -0.39 is 0 Å². The van der Waals surface area contributed by atoms with Crippen LogP contribution in [0.2, 0.25) is 0 Å². The van der Waals surface area contributed by atoms with Crippen LogP contribution in [0.15, 0.2) is 73.1 Å². The van der Waals surface area contributed by atoms with Gasteiger partial charge in [0.15, 0.2) is 0 Å². The first kappa shape index (κ1) is 26.5. The predicted octanol–water partition coefficient (Wildman–Crippen LogP) is 4.35. The highest BCUT2D eigenvalue weighted by atomic mass is 16.2. The van der Waals surface area contributed by atoms with Gasteiger partial charge in [-0.05, 0) is 24.5 Å². The molecule has 3 aromatic rings. The molecule has 2 amide bonds. The van der Waals surface area contributed by atoms with Crippen LogP contribution in [0.1, 0.15) is 59.5 Å². The van der Waals surface area contributed by atoms with E-state index in [0.29, 0.717) is 38.3 Å². The fourth-order valence-electron chi connectivity index (χ4n) is 4.83. The van der Waals surface area contributed by atoms with Crippen LogP contribution in [0.4, 0.5) is 0 Å². The minimum Gasteiger partial charge on any atom is -0.340 e. The van der Waals surface area contributed by atoms with E-state index in [9.17, 15) is 9.59 Å². The summed E-state index contributed by atoms with van der Waals surface area (Å²) in [4.78, 5) is 40.8. The van der Waals surface area contributed by atoms with Crippen LogP contribution >= 0.6 is 0 Å². The first-order valence-corrected chi connectivity index (χ1v) is 13.3. The van der Waals surface area contributed by atoms with Crippen LogP contribution in [0, 0.1) is 6.92 Å². The molecule has 0 radical (unpaired) electrons. The smallest absolute Gasteiger partial charge is 0.274 e. The molecule has 7 heteroatoms. The molecule has 2 aromatic carbocycles. The van der Waals surface area contributed by atoms with E-state index in [1.165, 1.54) is 17.3 Å². The lowest BCUT2D eigenvalue weighted by Crippen LogP contribution is -2.50. The van der Waals surface area contributed by atoms with Gasteiger partial charge in [-0.25, -0.2) is 4.98 Å². The lowest BCUT2D eigenvalue weighted by molar-refractivity contribution is -0.133. The number of amides is 2. The molecule has 0 atom stereocenters. The second-order valence-corrected chi connectivity index (χ2v) is 9.58. The van der Waals surface area contributed by atoms with E-state index >= 15 is 0 Å². The summed E-state index contributed by atoms with van der Waals surface area (Å²) in [6.07, 6.45) is 5.30. The van der Waals surface area contributed by atoms with Crippen molar-refractivity contribution in [2.24, 2.45) is 0 Å². The van der Waals surface area contributed by atoms with E-state index in [2.05, 4.69) is 70.3 Å². The Morgan fingerprint density at radius 2 is 1.49 bits per heavy atom. The molecule has 0 saturated carbocycles. The van der Waals surface area contributed by atoms with Gasteiger partial charge in [0.25, 0.3) is 5.91 Å². The third-order valence-corrected chi connectivity index (χ3v) is 6.93. The number of aryl methyl sites for hydroxylation is 1. The summed E-state index contributed by atoms with van der Waals surface area (Å²) < 4.78 is 0. The average Bonchev–Trinajstić information content (AvgIpc) is 2.95. The van der Waals surface area contributed by atoms with Crippen molar-refractivity contribution in [2.75, 3.05) is 39.3 Å². The summed E-state index contributed by atoms with van der Waals surface area (Å²) in [5, 5.41) is 0. The zero-order valence-electron chi connectivity index (χ0n) is 21.9. The van der Waals surface area contributed by atoms with Gasteiger partial charge in [-0.2, -0.15) is 0 Å². The number of benzene rings is 2. The maximum absolute atomic E-state index is 13.1. The van der Waals surface area contributed by atoms with Gasteiger partial charge in [0.1, 0.15) is 5.69 Å². The van der Waals surface area contributed by atoms with E-state index in [4.69, 9.17) is 0 Å². The summed E-state index contributed by atoms with van der Waals surface area (Å²) in [5.74, 6) is -0.0629. The van der Waals surface area contributed by atoms with Crippen molar-refractivity contribution in [2.45, 2.75) is 39.2 Å². The number of piperazine rings is 1. The van der Waals surface area contributed by atoms with Crippen LogP contribution < -0.4 is 0 Å². The van der Waals surface area contributed by atoms with Gasteiger partial charge in [-0.3, -0.25) is 19.5 Å².